The molecule has 15 heavy (non-hydrogen) atoms. The van der Waals surface area contributed by atoms with Crippen LogP contribution in [0.5, 0.6) is 0 Å². The van der Waals surface area contributed by atoms with Gasteiger partial charge >= 0.3 is 5.97 Å². The minimum Gasteiger partial charge on any atom is -0.480 e. The normalized spacial score (nSPS) is 40.9. The van der Waals surface area contributed by atoms with Crippen molar-refractivity contribution >= 4 is 17.7 Å². The van der Waals surface area contributed by atoms with E-state index in [9.17, 15) is 4.79 Å². The van der Waals surface area contributed by atoms with Crippen molar-refractivity contribution in [3.63, 3.8) is 0 Å². The summed E-state index contributed by atoms with van der Waals surface area (Å²) < 4.78 is 0. The summed E-state index contributed by atoms with van der Waals surface area (Å²) in [6.07, 6.45) is 3.33. The average Bonchev–Trinajstić information content (AvgIpc) is 2.77. The summed E-state index contributed by atoms with van der Waals surface area (Å²) in [5.41, 5.74) is -0.670. The molecule has 0 saturated carbocycles. The highest BCUT2D eigenvalue weighted by Gasteiger charge is 2.41. The summed E-state index contributed by atoms with van der Waals surface area (Å²) in [5.74, 6) is 3.26. The monoisotopic (exact) mass is 229 g/mol. The third-order valence-electron chi connectivity index (χ3n) is 3.64. The molecule has 2 saturated heterocycles. The second kappa shape index (κ2) is 4.34. The van der Waals surface area contributed by atoms with Crippen molar-refractivity contribution in [3.05, 3.63) is 0 Å². The van der Waals surface area contributed by atoms with E-state index < -0.39 is 11.5 Å². The molecular weight excluding hydrogens is 210 g/mol. The molecule has 0 aromatic carbocycles. The molecule has 3 unspecified atom stereocenters. The van der Waals surface area contributed by atoms with Crippen LogP contribution in [0.4, 0.5) is 0 Å². The third-order valence-corrected chi connectivity index (χ3v) is 4.87. The number of carbonyl (C=O) groups is 1. The van der Waals surface area contributed by atoms with Crippen LogP contribution in [0, 0.1) is 11.8 Å². The van der Waals surface area contributed by atoms with Gasteiger partial charge in [-0.05, 0) is 56.1 Å². The highest BCUT2D eigenvalue weighted by molar-refractivity contribution is 7.99. The Morgan fingerprint density at radius 3 is 2.93 bits per heavy atom. The number of hydrogen-bond acceptors (Lipinski definition) is 3. The molecule has 0 aliphatic carbocycles. The van der Waals surface area contributed by atoms with Crippen molar-refractivity contribution in [1.29, 1.82) is 0 Å². The Morgan fingerprint density at radius 1 is 1.60 bits per heavy atom. The molecule has 2 rings (SSSR count). The van der Waals surface area contributed by atoms with Crippen LogP contribution in [-0.4, -0.2) is 34.7 Å². The molecule has 0 radical (unpaired) electrons. The van der Waals surface area contributed by atoms with Crippen LogP contribution < -0.4 is 5.32 Å². The Labute approximate surface area is 95.0 Å². The molecule has 86 valence electrons. The predicted molar refractivity (Wildman–Crippen MR) is 62.2 cm³/mol. The average molecular weight is 229 g/mol. The minimum atomic E-state index is -0.703. The van der Waals surface area contributed by atoms with E-state index in [1.54, 1.807) is 6.92 Å². The number of rotatable bonds is 3. The van der Waals surface area contributed by atoms with E-state index in [0.29, 0.717) is 5.92 Å². The van der Waals surface area contributed by atoms with Gasteiger partial charge < -0.3 is 10.4 Å². The first kappa shape index (κ1) is 11.3. The lowest BCUT2D eigenvalue weighted by Crippen LogP contribution is -2.44. The first-order valence-electron chi connectivity index (χ1n) is 5.66. The van der Waals surface area contributed by atoms with E-state index in [4.69, 9.17) is 5.11 Å². The van der Waals surface area contributed by atoms with Crippen LogP contribution in [0.1, 0.15) is 26.2 Å². The SMILES string of the molecule is CC1(C(=O)O)CC(CC2CCSC2)CN1. The fourth-order valence-electron chi connectivity index (χ4n) is 2.66. The van der Waals surface area contributed by atoms with Crippen molar-refractivity contribution in [3.8, 4) is 0 Å². The lowest BCUT2D eigenvalue weighted by Gasteiger charge is -2.19. The Kier molecular flexibility index (Phi) is 3.26. The molecule has 2 N–H and O–H groups in total. The maximum absolute atomic E-state index is 11.0. The van der Waals surface area contributed by atoms with Crippen LogP contribution in [0.25, 0.3) is 0 Å². The van der Waals surface area contributed by atoms with Gasteiger partial charge in [0.2, 0.25) is 0 Å². The van der Waals surface area contributed by atoms with Crippen molar-refractivity contribution in [1.82, 2.24) is 5.32 Å². The molecule has 0 amide bonds. The highest BCUT2D eigenvalue weighted by atomic mass is 32.2. The van der Waals surface area contributed by atoms with Gasteiger partial charge in [0.1, 0.15) is 5.54 Å². The Morgan fingerprint density at radius 2 is 2.40 bits per heavy atom. The van der Waals surface area contributed by atoms with Gasteiger partial charge in [0.05, 0.1) is 0 Å². The largest absolute Gasteiger partial charge is 0.480 e. The standard InChI is InChI=1S/C11H19NO2S/c1-11(10(13)14)5-9(6-12-11)4-8-2-3-15-7-8/h8-9,12H,2-7H2,1H3,(H,13,14). The van der Waals surface area contributed by atoms with Gasteiger partial charge in [-0.2, -0.15) is 11.8 Å². The quantitative estimate of drug-likeness (QED) is 0.771. The predicted octanol–water partition coefficient (Wildman–Crippen LogP) is 1.58. The molecule has 2 heterocycles. The maximum atomic E-state index is 11.0. The van der Waals surface area contributed by atoms with Gasteiger partial charge in [0, 0.05) is 0 Å². The number of hydrogen-bond donors (Lipinski definition) is 2. The molecule has 3 nitrogen and oxygen atoms in total. The van der Waals surface area contributed by atoms with Crippen molar-refractivity contribution in [2.45, 2.75) is 31.7 Å². The summed E-state index contributed by atoms with van der Waals surface area (Å²) in [4.78, 5) is 11.0. The van der Waals surface area contributed by atoms with Gasteiger partial charge in [0.15, 0.2) is 0 Å². The first-order chi connectivity index (χ1) is 7.10. The molecule has 2 fully saturated rings. The second-order valence-electron chi connectivity index (χ2n) is 5.05. The Hall–Kier alpha value is -0.220. The van der Waals surface area contributed by atoms with Gasteiger partial charge in [0.25, 0.3) is 0 Å². The van der Waals surface area contributed by atoms with E-state index in [-0.39, 0.29) is 0 Å². The molecule has 0 aromatic heterocycles. The fourth-order valence-corrected chi connectivity index (χ4v) is 3.96. The van der Waals surface area contributed by atoms with Crippen LogP contribution in [0.2, 0.25) is 0 Å². The molecule has 0 aromatic rings. The van der Waals surface area contributed by atoms with Crippen molar-refractivity contribution in [2.75, 3.05) is 18.1 Å². The third kappa shape index (κ3) is 2.48. The second-order valence-corrected chi connectivity index (χ2v) is 6.20. The number of carboxylic acid groups (broad SMARTS) is 1. The zero-order chi connectivity index (χ0) is 10.9. The lowest BCUT2D eigenvalue weighted by atomic mass is 9.88. The zero-order valence-electron chi connectivity index (χ0n) is 9.16. The van der Waals surface area contributed by atoms with Crippen LogP contribution >= 0.6 is 11.8 Å². The Balaban J connectivity index is 1.84. The smallest absolute Gasteiger partial charge is 0.323 e. The van der Waals surface area contributed by atoms with Gasteiger partial charge in [-0.15, -0.1) is 0 Å². The Bertz CT molecular complexity index is 253. The summed E-state index contributed by atoms with van der Waals surface area (Å²) in [6.45, 7) is 2.68. The van der Waals surface area contributed by atoms with Gasteiger partial charge in [-0.25, -0.2) is 0 Å². The minimum absolute atomic E-state index is 0.565. The summed E-state index contributed by atoms with van der Waals surface area (Å²) >= 11 is 2.04. The van der Waals surface area contributed by atoms with E-state index in [2.05, 4.69) is 5.32 Å². The van der Waals surface area contributed by atoms with Gasteiger partial charge in [-0.1, -0.05) is 0 Å². The summed E-state index contributed by atoms with van der Waals surface area (Å²) in [6, 6.07) is 0. The maximum Gasteiger partial charge on any atom is 0.323 e. The van der Waals surface area contributed by atoms with E-state index >= 15 is 0 Å². The van der Waals surface area contributed by atoms with E-state index in [1.165, 1.54) is 24.3 Å². The summed E-state index contributed by atoms with van der Waals surface area (Å²) in [5, 5.41) is 12.2. The van der Waals surface area contributed by atoms with Crippen LogP contribution in [-0.2, 0) is 4.79 Å². The van der Waals surface area contributed by atoms with Crippen molar-refractivity contribution in [2.24, 2.45) is 11.8 Å². The number of carboxylic acids is 1. The van der Waals surface area contributed by atoms with Crippen molar-refractivity contribution < 1.29 is 9.90 Å². The fraction of sp³-hybridized carbons (Fsp3) is 0.909. The molecule has 0 spiro atoms. The van der Waals surface area contributed by atoms with E-state index in [0.717, 1.165) is 18.9 Å². The molecule has 4 heteroatoms. The van der Waals surface area contributed by atoms with Crippen LogP contribution in [0.3, 0.4) is 0 Å². The first-order valence-corrected chi connectivity index (χ1v) is 6.82. The van der Waals surface area contributed by atoms with E-state index in [1.807, 2.05) is 11.8 Å². The zero-order valence-corrected chi connectivity index (χ0v) is 9.98. The van der Waals surface area contributed by atoms with Gasteiger partial charge in [-0.3, -0.25) is 4.79 Å². The summed E-state index contributed by atoms with van der Waals surface area (Å²) in [7, 11) is 0. The molecular formula is C11H19NO2S. The molecule has 0 bridgehead atoms. The van der Waals surface area contributed by atoms with Crippen LogP contribution in [0.15, 0.2) is 0 Å². The molecule has 2 aliphatic rings. The molecule has 3 atom stereocenters. The molecule has 2 aliphatic heterocycles. The number of aliphatic carboxylic acids is 1. The number of thioether (sulfide) groups is 1. The topological polar surface area (TPSA) is 49.3 Å². The highest BCUT2D eigenvalue weighted by Crippen LogP contribution is 2.34. The number of nitrogens with one attached hydrogen (secondary N) is 1. The lowest BCUT2D eigenvalue weighted by molar-refractivity contribution is -0.143.